The molecule has 0 bridgehead atoms. The van der Waals surface area contributed by atoms with E-state index in [4.69, 9.17) is 5.73 Å². The van der Waals surface area contributed by atoms with Crippen LogP contribution in [0, 0.1) is 5.92 Å². The summed E-state index contributed by atoms with van der Waals surface area (Å²) in [6, 6.07) is 0. The van der Waals surface area contributed by atoms with Crippen molar-refractivity contribution in [2.45, 2.75) is 44.9 Å². The molecule has 1 fully saturated rings. The molecule has 0 heterocycles. The molecule has 1 aliphatic rings. The molecule has 0 aromatic carbocycles. The molecule has 0 saturated heterocycles. The Labute approximate surface area is 87.3 Å². The van der Waals surface area contributed by atoms with Gasteiger partial charge in [-0.2, -0.15) is 0 Å². The Kier molecular flexibility index (Phi) is 5.35. The molecule has 1 saturated carbocycles. The molecule has 0 atom stereocenters. The lowest BCUT2D eigenvalue weighted by Gasteiger charge is -2.20. The van der Waals surface area contributed by atoms with Crippen LogP contribution in [0.15, 0.2) is 17.6 Å². The van der Waals surface area contributed by atoms with Gasteiger partial charge >= 0.3 is 0 Å². The fraction of sp³-hybridized carbons (Fsp3) is 0.750. The number of rotatable bonds is 5. The maximum atomic E-state index is 5.52. The molecule has 0 spiro atoms. The van der Waals surface area contributed by atoms with Crippen LogP contribution in [0.4, 0.5) is 0 Å². The van der Waals surface area contributed by atoms with E-state index < -0.39 is 0 Å². The highest BCUT2D eigenvalue weighted by atomic mass is 14.8. The van der Waals surface area contributed by atoms with Crippen molar-refractivity contribution in [3.05, 3.63) is 12.7 Å². The van der Waals surface area contributed by atoms with Crippen molar-refractivity contribution >= 4 is 5.84 Å². The molecule has 2 nitrogen and oxygen atoms in total. The second-order valence-electron chi connectivity index (χ2n) is 4.16. The highest BCUT2D eigenvalue weighted by Crippen LogP contribution is 2.27. The Morgan fingerprint density at radius 3 is 2.71 bits per heavy atom. The molecule has 2 heteroatoms. The summed E-state index contributed by atoms with van der Waals surface area (Å²) in [6.45, 7) is 4.44. The van der Waals surface area contributed by atoms with E-state index in [1.54, 1.807) is 6.08 Å². The van der Waals surface area contributed by atoms with E-state index in [-0.39, 0.29) is 0 Å². The molecule has 0 aliphatic heterocycles. The molecule has 2 N–H and O–H groups in total. The fourth-order valence-electron chi connectivity index (χ4n) is 2.13. The third-order valence-electron chi connectivity index (χ3n) is 3.00. The van der Waals surface area contributed by atoms with E-state index in [9.17, 15) is 0 Å². The van der Waals surface area contributed by atoms with Crippen molar-refractivity contribution in [2.75, 3.05) is 6.54 Å². The number of amidine groups is 1. The van der Waals surface area contributed by atoms with E-state index in [2.05, 4.69) is 11.6 Å². The zero-order valence-electron chi connectivity index (χ0n) is 9.04. The highest BCUT2D eigenvalue weighted by molar-refractivity contribution is 5.90. The van der Waals surface area contributed by atoms with Crippen molar-refractivity contribution in [1.82, 2.24) is 0 Å². The Hall–Kier alpha value is -0.790. The molecule has 14 heavy (non-hydrogen) atoms. The number of hydrogen-bond donors (Lipinski definition) is 1. The lowest BCUT2D eigenvalue weighted by molar-refractivity contribution is 0.334. The van der Waals surface area contributed by atoms with Crippen LogP contribution in [-0.2, 0) is 0 Å². The van der Waals surface area contributed by atoms with Gasteiger partial charge in [0.05, 0.1) is 0 Å². The zero-order valence-corrected chi connectivity index (χ0v) is 9.04. The summed E-state index contributed by atoms with van der Waals surface area (Å²) >= 11 is 0. The summed E-state index contributed by atoms with van der Waals surface area (Å²) < 4.78 is 0. The zero-order chi connectivity index (χ0) is 10.2. The number of aliphatic imine (C=N–C) groups is 1. The normalized spacial score (nSPS) is 19.6. The topological polar surface area (TPSA) is 38.4 Å². The van der Waals surface area contributed by atoms with Crippen LogP contribution in [0.25, 0.3) is 0 Å². The molecular weight excluding hydrogens is 172 g/mol. The van der Waals surface area contributed by atoms with Gasteiger partial charge in [-0.1, -0.05) is 38.7 Å². The lowest BCUT2D eigenvalue weighted by Crippen LogP contribution is -2.09. The Morgan fingerprint density at radius 2 is 2.07 bits per heavy atom. The van der Waals surface area contributed by atoms with Crippen LogP contribution in [0.1, 0.15) is 44.9 Å². The van der Waals surface area contributed by atoms with Gasteiger partial charge in [0.1, 0.15) is 5.84 Å². The van der Waals surface area contributed by atoms with Crippen molar-refractivity contribution in [1.29, 1.82) is 0 Å². The summed E-state index contributed by atoms with van der Waals surface area (Å²) in [4.78, 5) is 4.20. The summed E-state index contributed by atoms with van der Waals surface area (Å²) in [5.41, 5.74) is 5.52. The highest BCUT2D eigenvalue weighted by Gasteiger charge is 2.12. The van der Waals surface area contributed by atoms with Crippen molar-refractivity contribution in [3.63, 3.8) is 0 Å². The Balaban J connectivity index is 2.05. The molecule has 1 aliphatic carbocycles. The average Bonchev–Trinajstić information content (AvgIpc) is 2.25. The number of hydrogen-bond acceptors (Lipinski definition) is 1. The molecule has 0 aromatic rings. The quantitative estimate of drug-likeness (QED) is 0.408. The largest absolute Gasteiger partial charge is 0.384 e. The average molecular weight is 194 g/mol. The smallest absolute Gasteiger partial charge is 0.117 e. The van der Waals surface area contributed by atoms with Gasteiger partial charge in [-0.15, -0.1) is 0 Å². The first-order chi connectivity index (χ1) is 6.83. The van der Waals surface area contributed by atoms with E-state index in [1.165, 1.54) is 44.9 Å². The van der Waals surface area contributed by atoms with Crippen molar-refractivity contribution in [3.8, 4) is 0 Å². The third kappa shape index (κ3) is 4.45. The Morgan fingerprint density at radius 1 is 1.36 bits per heavy atom. The standard InChI is InChI=1S/C12H22N2/c1-2-12(13)14-10-6-9-11-7-4-3-5-8-11/h2,11H,1,3-10H2,(H2,13,14). The molecular formula is C12H22N2. The fourth-order valence-corrected chi connectivity index (χ4v) is 2.13. The van der Waals surface area contributed by atoms with Gasteiger partial charge < -0.3 is 5.73 Å². The van der Waals surface area contributed by atoms with Crippen molar-refractivity contribution in [2.24, 2.45) is 16.6 Å². The van der Waals surface area contributed by atoms with Gasteiger partial charge in [-0.3, -0.25) is 4.99 Å². The minimum Gasteiger partial charge on any atom is -0.384 e. The second kappa shape index (κ2) is 6.63. The maximum absolute atomic E-state index is 5.52. The van der Waals surface area contributed by atoms with Gasteiger partial charge in [0, 0.05) is 6.54 Å². The van der Waals surface area contributed by atoms with E-state index in [0.717, 1.165) is 12.5 Å². The van der Waals surface area contributed by atoms with Crippen LogP contribution >= 0.6 is 0 Å². The molecule has 0 radical (unpaired) electrons. The Bertz CT molecular complexity index is 190. The van der Waals surface area contributed by atoms with Gasteiger partial charge in [-0.25, -0.2) is 0 Å². The van der Waals surface area contributed by atoms with Crippen LogP contribution in [0.5, 0.6) is 0 Å². The maximum Gasteiger partial charge on any atom is 0.117 e. The SMILES string of the molecule is C=CC(N)=NCCCC1CCCCC1. The third-order valence-corrected chi connectivity index (χ3v) is 3.00. The summed E-state index contributed by atoms with van der Waals surface area (Å²) in [5, 5.41) is 0. The van der Waals surface area contributed by atoms with Crippen LogP contribution < -0.4 is 5.73 Å². The molecule has 0 amide bonds. The van der Waals surface area contributed by atoms with Gasteiger partial charge in [0.2, 0.25) is 0 Å². The van der Waals surface area contributed by atoms with Gasteiger partial charge in [0.15, 0.2) is 0 Å². The monoisotopic (exact) mass is 194 g/mol. The van der Waals surface area contributed by atoms with Crippen molar-refractivity contribution < 1.29 is 0 Å². The van der Waals surface area contributed by atoms with E-state index in [1.807, 2.05) is 0 Å². The van der Waals surface area contributed by atoms with E-state index in [0.29, 0.717) is 5.84 Å². The predicted octanol–water partition coefficient (Wildman–Crippen LogP) is 2.89. The molecule has 80 valence electrons. The summed E-state index contributed by atoms with van der Waals surface area (Å²) in [7, 11) is 0. The minimum atomic E-state index is 0.577. The molecule has 1 rings (SSSR count). The molecule has 0 unspecified atom stereocenters. The van der Waals surface area contributed by atoms with Gasteiger partial charge in [-0.05, 0) is 24.8 Å². The van der Waals surface area contributed by atoms with Crippen LogP contribution in [0.3, 0.4) is 0 Å². The first kappa shape index (κ1) is 11.3. The lowest BCUT2D eigenvalue weighted by atomic mass is 9.86. The summed E-state index contributed by atoms with van der Waals surface area (Å²) in [5.74, 6) is 1.54. The first-order valence-electron chi connectivity index (χ1n) is 5.75. The number of nitrogens with two attached hydrogens (primary N) is 1. The van der Waals surface area contributed by atoms with Crippen LogP contribution in [-0.4, -0.2) is 12.4 Å². The summed E-state index contributed by atoms with van der Waals surface area (Å²) in [6.07, 6.45) is 11.3. The number of nitrogens with zero attached hydrogens (tertiary/aromatic N) is 1. The minimum absolute atomic E-state index is 0.577. The van der Waals surface area contributed by atoms with E-state index >= 15 is 0 Å². The molecule has 0 aromatic heterocycles. The second-order valence-corrected chi connectivity index (χ2v) is 4.16. The van der Waals surface area contributed by atoms with Gasteiger partial charge in [0.25, 0.3) is 0 Å². The van der Waals surface area contributed by atoms with Crippen LogP contribution in [0.2, 0.25) is 0 Å². The first-order valence-corrected chi connectivity index (χ1v) is 5.75. The predicted molar refractivity (Wildman–Crippen MR) is 62.5 cm³/mol.